The van der Waals surface area contributed by atoms with Crippen LogP contribution < -0.4 is 4.74 Å². The van der Waals surface area contributed by atoms with Crippen molar-refractivity contribution in [3.63, 3.8) is 0 Å². The van der Waals surface area contributed by atoms with Crippen molar-refractivity contribution in [2.45, 2.75) is 31.8 Å². The van der Waals surface area contributed by atoms with Crippen LogP contribution in [0, 0.1) is 0 Å². The molecule has 1 N–H and O–H groups in total. The van der Waals surface area contributed by atoms with Crippen LogP contribution in [0.3, 0.4) is 0 Å². The largest absolute Gasteiger partial charge is 0.497 e. The van der Waals surface area contributed by atoms with Crippen LogP contribution in [-0.2, 0) is 13.0 Å². The Morgan fingerprint density at radius 2 is 1.85 bits per heavy atom. The topological polar surface area (TPSA) is 35.9 Å². The summed E-state index contributed by atoms with van der Waals surface area (Å²) in [5.41, 5.74) is 2.69. The molecule has 1 heterocycles. The molecule has 1 saturated heterocycles. The van der Waals surface area contributed by atoms with Crippen LogP contribution in [0.1, 0.15) is 24.0 Å². The SMILES string of the molecule is COc1cccc(CN2CCN(CCCc3ccccc3)CC2CCO)c1. The van der Waals surface area contributed by atoms with E-state index in [-0.39, 0.29) is 6.61 Å². The summed E-state index contributed by atoms with van der Waals surface area (Å²) in [5.74, 6) is 0.908. The first-order chi connectivity index (χ1) is 13.3. The van der Waals surface area contributed by atoms with Crippen LogP contribution in [0.2, 0.25) is 0 Å². The summed E-state index contributed by atoms with van der Waals surface area (Å²) in [4.78, 5) is 5.07. The van der Waals surface area contributed by atoms with E-state index < -0.39 is 0 Å². The molecular weight excluding hydrogens is 336 g/mol. The monoisotopic (exact) mass is 368 g/mol. The molecule has 3 rings (SSSR count). The third kappa shape index (κ3) is 6.06. The van der Waals surface area contributed by atoms with Gasteiger partial charge in [0.25, 0.3) is 0 Å². The lowest BCUT2D eigenvalue weighted by atomic mass is 10.1. The lowest BCUT2D eigenvalue weighted by Gasteiger charge is -2.41. The van der Waals surface area contributed by atoms with Crippen molar-refractivity contribution in [3.8, 4) is 5.75 Å². The van der Waals surface area contributed by atoms with Gasteiger partial charge < -0.3 is 14.7 Å². The Kier molecular flexibility index (Phi) is 7.69. The van der Waals surface area contributed by atoms with Crippen molar-refractivity contribution in [3.05, 3.63) is 65.7 Å². The van der Waals surface area contributed by atoms with Gasteiger partial charge in [-0.15, -0.1) is 0 Å². The molecule has 1 aliphatic heterocycles. The van der Waals surface area contributed by atoms with Gasteiger partial charge in [-0.1, -0.05) is 42.5 Å². The highest BCUT2D eigenvalue weighted by molar-refractivity contribution is 5.28. The predicted molar refractivity (Wildman–Crippen MR) is 110 cm³/mol. The first-order valence-electron chi connectivity index (χ1n) is 10.0. The van der Waals surface area contributed by atoms with Crippen LogP contribution in [0.5, 0.6) is 5.75 Å². The zero-order valence-corrected chi connectivity index (χ0v) is 16.4. The van der Waals surface area contributed by atoms with E-state index in [2.05, 4.69) is 58.3 Å². The maximum atomic E-state index is 9.53. The standard InChI is InChI=1S/C23H32N2O2/c1-27-23-11-5-9-21(17-23)18-25-15-14-24(19-22(25)12-16-26)13-6-10-20-7-3-2-4-8-20/h2-5,7-9,11,17,22,26H,6,10,12-16,18-19H2,1H3. The molecule has 1 atom stereocenters. The van der Waals surface area contributed by atoms with E-state index in [9.17, 15) is 5.11 Å². The number of benzene rings is 2. The molecule has 1 aliphatic rings. The molecule has 4 nitrogen and oxygen atoms in total. The normalized spacial score (nSPS) is 18.5. The quantitative estimate of drug-likeness (QED) is 0.737. The van der Waals surface area contributed by atoms with Gasteiger partial charge in [0.2, 0.25) is 0 Å². The number of rotatable bonds is 9. The Balaban J connectivity index is 1.51. The second-order valence-electron chi connectivity index (χ2n) is 7.38. The molecular formula is C23H32N2O2. The van der Waals surface area contributed by atoms with Crippen molar-refractivity contribution >= 4 is 0 Å². The molecule has 0 amide bonds. The number of piperazine rings is 1. The van der Waals surface area contributed by atoms with Crippen LogP contribution in [0.4, 0.5) is 0 Å². The smallest absolute Gasteiger partial charge is 0.119 e. The number of hydrogen-bond donors (Lipinski definition) is 1. The van der Waals surface area contributed by atoms with E-state index in [1.54, 1.807) is 7.11 Å². The highest BCUT2D eigenvalue weighted by Crippen LogP contribution is 2.20. The summed E-state index contributed by atoms with van der Waals surface area (Å²) in [6.45, 7) is 5.48. The Hall–Kier alpha value is -1.88. The molecule has 0 bridgehead atoms. The Morgan fingerprint density at radius 1 is 1.04 bits per heavy atom. The third-order valence-corrected chi connectivity index (χ3v) is 5.45. The zero-order valence-electron chi connectivity index (χ0n) is 16.4. The Morgan fingerprint density at radius 3 is 2.63 bits per heavy atom. The van der Waals surface area contributed by atoms with Crippen LogP contribution in [0.25, 0.3) is 0 Å². The van der Waals surface area contributed by atoms with Gasteiger partial charge in [0.15, 0.2) is 0 Å². The molecule has 2 aromatic carbocycles. The Labute approximate surface area is 163 Å². The number of ether oxygens (including phenoxy) is 1. The molecule has 0 spiro atoms. The highest BCUT2D eigenvalue weighted by atomic mass is 16.5. The lowest BCUT2D eigenvalue weighted by Crippen LogP contribution is -2.53. The number of aliphatic hydroxyl groups is 1. The summed E-state index contributed by atoms with van der Waals surface area (Å²) >= 11 is 0. The lowest BCUT2D eigenvalue weighted by molar-refractivity contribution is 0.0532. The molecule has 0 aromatic heterocycles. The van der Waals surface area contributed by atoms with Gasteiger partial charge in [-0.2, -0.15) is 0 Å². The van der Waals surface area contributed by atoms with Crippen molar-refractivity contribution in [2.24, 2.45) is 0 Å². The highest BCUT2D eigenvalue weighted by Gasteiger charge is 2.26. The molecule has 0 saturated carbocycles. The summed E-state index contributed by atoms with van der Waals surface area (Å²) < 4.78 is 5.35. The molecule has 146 valence electrons. The fourth-order valence-electron chi connectivity index (χ4n) is 3.95. The average molecular weight is 369 g/mol. The van der Waals surface area contributed by atoms with E-state index in [1.807, 2.05) is 6.07 Å². The molecule has 0 aliphatic carbocycles. The summed E-state index contributed by atoms with van der Waals surface area (Å²) in [7, 11) is 1.71. The van der Waals surface area contributed by atoms with Gasteiger partial charge in [-0.25, -0.2) is 0 Å². The number of aliphatic hydroxyl groups excluding tert-OH is 1. The van der Waals surface area contributed by atoms with E-state index in [0.717, 1.165) is 51.3 Å². The minimum absolute atomic E-state index is 0.247. The van der Waals surface area contributed by atoms with Gasteiger partial charge in [0.05, 0.1) is 7.11 Å². The van der Waals surface area contributed by atoms with Crippen molar-refractivity contribution < 1.29 is 9.84 Å². The minimum Gasteiger partial charge on any atom is -0.497 e. The van der Waals surface area contributed by atoms with Crippen LogP contribution in [0.15, 0.2) is 54.6 Å². The maximum Gasteiger partial charge on any atom is 0.119 e. The molecule has 27 heavy (non-hydrogen) atoms. The van der Waals surface area contributed by atoms with E-state index >= 15 is 0 Å². The molecule has 1 fully saturated rings. The first kappa shape index (κ1) is 19.9. The van der Waals surface area contributed by atoms with Crippen LogP contribution >= 0.6 is 0 Å². The molecule has 1 unspecified atom stereocenters. The third-order valence-electron chi connectivity index (χ3n) is 5.45. The van der Waals surface area contributed by atoms with Gasteiger partial charge in [0, 0.05) is 38.8 Å². The van der Waals surface area contributed by atoms with Gasteiger partial charge in [-0.3, -0.25) is 4.90 Å². The number of nitrogens with zero attached hydrogens (tertiary/aromatic N) is 2. The van der Waals surface area contributed by atoms with Crippen LogP contribution in [-0.4, -0.2) is 60.8 Å². The maximum absolute atomic E-state index is 9.53. The van der Waals surface area contributed by atoms with Gasteiger partial charge in [-0.05, 0) is 49.1 Å². The molecule has 4 heteroatoms. The van der Waals surface area contributed by atoms with Crippen molar-refractivity contribution in [1.82, 2.24) is 9.80 Å². The average Bonchev–Trinajstić information content (AvgIpc) is 2.71. The zero-order chi connectivity index (χ0) is 18.9. The predicted octanol–water partition coefficient (Wildman–Crippen LogP) is 3.20. The second kappa shape index (κ2) is 10.5. The molecule has 0 radical (unpaired) electrons. The molecule has 2 aromatic rings. The van der Waals surface area contributed by atoms with Crippen molar-refractivity contribution in [2.75, 3.05) is 39.9 Å². The van der Waals surface area contributed by atoms with Gasteiger partial charge in [0.1, 0.15) is 5.75 Å². The van der Waals surface area contributed by atoms with Gasteiger partial charge >= 0.3 is 0 Å². The summed E-state index contributed by atoms with van der Waals surface area (Å²) in [6.07, 6.45) is 3.15. The summed E-state index contributed by atoms with van der Waals surface area (Å²) in [5, 5.41) is 9.53. The summed E-state index contributed by atoms with van der Waals surface area (Å²) in [6, 6.07) is 19.4. The number of aryl methyl sites for hydroxylation is 1. The number of methoxy groups -OCH3 is 1. The van der Waals surface area contributed by atoms with Crippen molar-refractivity contribution in [1.29, 1.82) is 0 Å². The first-order valence-corrected chi connectivity index (χ1v) is 10.0. The minimum atomic E-state index is 0.247. The number of hydrogen-bond acceptors (Lipinski definition) is 4. The fraction of sp³-hybridized carbons (Fsp3) is 0.478. The van der Waals surface area contributed by atoms with E-state index in [1.165, 1.54) is 17.5 Å². The van der Waals surface area contributed by atoms with E-state index in [4.69, 9.17) is 4.74 Å². The van der Waals surface area contributed by atoms with E-state index in [0.29, 0.717) is 6.04 Å². The second-order valence-corrected chi connectivity index (χ2v) is 7.38. The Bertz CT molecular complexity index is 677. The fourth-order valence-corrected chi connectivity index (χ4v) is 3.95.